The van der Waals surface area contributed by atoms with Gasteiger partial charge in [-0.1, -0.05) is 11.6 Å². The molecule has 60 valence electrons. The summed E-state index contributed by atoms with van der Waals surface area (Å²) >= 11 is 5.71. The molecule has 0 atom stereocenters. The van der Waals surface area contributed by atoms with Gasteiger partial charge in [-0.2, -0.15) is 0 Å². The first-order valence-corrected chi connectivity index (χ1v) is 3.58. The fourth-order valence-electron chi connectivity index (χ4n) is 0.748. The predicted octanol–water partition coefficient (Wildman–Crippen LogP) is 1.76. The van der Waals surface area contributed by atoms with Crippen molar-refractivity contribution in [2.75, 3.05) is 7.11 Å². The third-order valence-electron chi connectivity index (χ3n) is 1.61. The van der Waals surface area contributed by atoms with E-state index in [0.717, 1.165) is 11.1 Å². The fraction of sp³-hybridized carbons (Fsp3) is 0.429. The number of hydrogen-bond acceptors (Lipinski definition) is 3. The molecule has 0 bridgehead atoms. The van der Waals surface area contributed by atoms with Crippen LogP contribution in [0.25, 0.3) is 0 Å². The van der Waals surface area contributed by atoms with Crippen molar-refractivity contribution in [1.29, 1.82) is 0 Å². The first kappa shape index (κ1) is 8.27. The van der Waals surface area contributed by atoms with Crippen molar-refractivity contribution in [3.63, 3.8) is 0 Å². The Kier molecular flexibility index (Phi) is 2.29. The molecule has 4 heteroatoms. The van der Waals surface area contributed by atoms with Crippen LogP contribution in [0.15, 0.2) is 0 Å². The maximum atomic E-state index is 5.71. The summed E-state index contributed by atoms with van der Waals surface area (Å²) in [4.78, 5) is 0. The molecule has 0 spiro atoms. The SMILES string of the molecule is COc1nnc(Cl)c(C)c1C. The Morgan fingerprint density at radius 1 is 1.18 bits per heavy atom. The molecule has 0 N–H and O–H groups in total. The van der Waals surface area contributed by atoms with Gasteiger partial charge in [0, 0.05) is 5.56 Å². The lowest BCUT2D eigenvalue weighted by atomic mass is 10.2. The summed E-state index contributed by atoms with van der Waals surface area (Å²) < 4.78 is 4.95. The number of ether oxygens (including phenoxy) is 1. The molecular weight excluding hydrogens is 164 g/mol. The second kappa shape index (κ2) is 3.05. The van der Waals surface area contributed by atoms with E-state index in [2.05, 4.69) is 10.2 Å². The number of aromatic nitrogens is 2. The summed E-state index contributed by atoms with van der Waals surface area (Å²) in [5.74, 6) is 0.534. The molecule has 1 rings (SSSR count). The summed E-state index contributed by atoms with van der Waals surface area (Å²) in [5.41, 5.74) is 1.85. The van der Waals surface area contributed by atoms with Crippen LogP contribution < -0.4 is 4.74 Å². The van der Waals surface area contributed by atoms with E-state index in [4.69, 9.17) is 16.3 Å². The van der Waals surface area contributed by atoms with Gasteiger partial charge >= 0.3 is 0 Å². The number of hydrogen-bond donors (Lipinski definition) is 0. The molecule has 1 heterocycles. The van der Waals surface area contributed by atoms with Gasteiger partial charge in [-0.3, -0.25) is 0 Å². The summed E-state index contributed by atoms with van der Waals surface area (Å²) in [5, 5.41) is 7.89. The molecule has 1 aromatic rings. The maximum absolute atomic E-state index is 5.71. The highest BCUT2D eigenvalue weighted by molar-refractivity contribution is 6.30. The number of halogens is 1. The van der Waals surface area contributed by atoms with Gasteiger partial charge in [-0.25, -0.2) is 0 Å². The van der Waals surface area contributed by atoms with Gasteiger partial charge in [0.2, 0.25) is 5.88 Å². The molecule has 0 saturated heterocycles. The molecule has 0 fully saturated rings. The minimum atomic E-state index is 0.434. The average Bonchev–Trinajstić information content (AvgIpc) is 2.01. The lowest BCUT2D eigenvalue weighted by Crippen LogP contribution is -1.97. The highest BCUT2D eigenvalue weighted by Gasteiger charge is 2.06. The van der Waals surface area contributed by atoms with E-state index >= 15 is 0 Å². The third-order valence-corrected chi connectivity index (χ3v) is 1.97. The first-order valence-electron chi connectivity index (χ1n) is 3.20. The lowest BCUT2D eigenvalue weighted by Gasteiger charge is -2.04. The third kappa shape index (κ3) is 1.43. The molecule has 0 saturated carbocycles. The van der Waals surface area contributed by atoms with Gasteiger partial charge in [0.15, 0.2) is 5.15 Å². The fourth-order valence-corrected chi connectivity index (χ4v) is 0.928. The molecule has 0 aromatic carbocycles. The summed E-state index contributed by atoms with van der Waals surface area (Å²) in [7, 11) is 1.56. The van der Waals surface area contributed by atoms with Crippen LogP contribution in [-0.4, -0.2) is 17.3 Å². The van der Waals surface area contributed by atoms with Gasteiger partial charge in [0.05, 0.1) is 7.11 Å². The molecule has 0 aliphatic rings. The van der Waals surface area contributed by atoms with Gasteiger partial charge in [0.25, 0.3) is 0 Å². The Labute approximate surface area is 70.4 Å². The highest BCUT2D eigenvalue weighted by atomic mass is 35.5. The molecule has 1 aromatic heterocycles. The first-order chi connectivity index (χ1) is 5.16. The molecule has 0 aliphatic heterocycles. The lowest BCUT2D eigenvalue weighted by molar-refractivity contribution is 0.388. The van der Waals surface area contributed by atoms with E-state index in [9.17, 15) is 0 Å². The normalized spacial score (nSPS) is 9.82. The number of nitrogens with zero attached hydrogens (tertiary/aromatic N) is 2. The monoisotopic (exact) mass is 172 g/mol. The number of methoxy groups -OCH3 is 1. The van der Waals surface area contributed by atoms with Crippen LogP contribution in [0.2, 0.25) is 5.15 Å². The Morgan fingerprint density at radius 3 is 2.36 bits per heavy atom. The summed E-state index contributed by atoms with van der Waals surface area (Å²) in [6.07, 6.45) is 0. The smallest absolute Gasteiger partial charge is 0.236 e. The van der Waals surface area contributed by atoms with E-state index in [0.29, 0.717) is 11.0 Å². The zero-order valence-corrected chi connectivity index (χ0v) is 7.44. The molecular formula is C7H9ClN2O. The van der Waals surface area contributed by atoms with Crippen molar-refractivity contribution >= 4 is 11.6 Å². The van der Waals surface area contributed by atoms with Crippen LogP contribution in [0.5, 0.6) is 5.88 Å². The van der Waals surface area contributed by atoms with Gasteiger partial charge in [-0.15, -0.1) is 10.2 Å². The van der Waals surface area contributed by atoms with Crippen LogP contribution in [0, 0.1) is 13.8 Å². The molecule has 0 unspecified atom stereocenters. The van der Waals surface area contributed by atoms with Crippen LogP contribution in [0.3, 0.4) is 0 Å². The minimum absolute atomic E-state index is 0.434. The summed E-state index contributed by atoms with van der Waals surface area (Å²) in [6, 6.07) is 0. The van der Waals surface area contributed by atoms with Crippen molar-refractivity contribution in [2.24, 2.45) is 0 Å². The van der Waals surface area contributed by atoms with Crippen molar-refractivity contribution in [1.82, 2.24) is 10.2 Å². The van der Waals surface area contributed by atoms with E-state index < -0.39 is 0 Å². The zero-order chi connectivity index (χ0) is 8.43. The second-order valence-corrected chi connectivity index (χ2v) is 2.61. The molecule has 0 radical (unpaired) electrons. The van der Waals surface area contributed by atoms with Gasteiger partial charge in [0.1, 0.15) is 0 Å². The Bertz CT molecular complexity index is 275. The van der Waals surface area contributed by atoms with Crippen LogP contribution >= 0.6 is 11.6 Å². The van der Waals surface area contributed by atoms with E-state index in [-0.39, 0.29) is 0 Å². The maximum Gasteiger partial charge on any atom is 0.236 e. The van der Waals surface area contributed by atoms with Crippen molar-refractivity contribution in [2.45, 2.75) is 13.8 Å². The van der Waals surface area contributed by atoms with Crippen molar-refractivity contribution < 1.29 is 4.74 Å². The number of rotatable bonds is 1. The van der Waals surface area contributed by atoms with Crippen LogP contribution in [0.1, 0.15) is 11.1 Å². The Morgan fingerprint density at radius 2 is 1.82 bits per heavy atom. The van der Waals surface area contributed by atoms with E-state index in [1.807, 2.05) is 13.8 Å². The topological polar surface area (TPSA) is 35.0 Å². The standard InChI is InChI=1S/C7H9ClN2O/c1-4-5(2)7(11-3)10-9-6(4)8/h1-3H3. The molecule has 0 amide bonds. The van der Waals surface area contributed by atoms with E-state index in [1.165, 1.54) is 0 Å². The van der Waals surface area contributed by atoms with Crippen molar-refractivity contribution in [3.8, 4) is 5.88 Å². The quantitative estimate of drug-likeness (QED) is 0.648. The largest absolute Gasteiger partial charge is 0.480 e. The van der Waals surface area contributed by atoms with Crippen molar-refractivity contribution in [3.05, 3.63) is 16.3 Å². The Hall–Kier alpha value is -0.830. The minimum Gasteiger partial charge on any atom is -0.480 e. The second-order valence-electron chi connectivity index (χ2n) is 2.25. The highest BCUT2D eigenvalue weighted by Crippen LogP contribution is 2.21. The van der Waals surface area contributed by atoms with Crippen LogP contribution in [-0.2, 0) is 0 Å². The predicted molar refractivity (Wildman–Crippen MR) is 43.1 cm³/mol. The van der Waals surface area contributed by atoms with Gasteiger partial charge < -0.3 is 4.74 Å². The molecule has 11 heavy (non-hydrogen) atoms. The summed E-state index contributed by atoms with van der Waals surface area (Å²) in [6.45, 7) is 3.78. The zero-order valence-electron chi connectivity index (χ0n) is 6.68. The van der Waals surface area contributed by atoms with Gasteiger partial charge in [-0.05, 0) is 19.4 Å². The molecule has 3 nitrogen and oxygen atoms in total. The van der Waals surface area contributed by atoms with Crippen LogP contribution in [0.4, 0.5) is 0 Å². The van der Waals surface area contributed by atoms with E-state index in [1.54, 1.807) is 7.11 Å². The molecule has 0 aliphatic carbocycles. The Balaban J connectivity index is 3.25. The average molecular weight is 173 g/mol.